The molecule has 5 rings (SSSR count). The summed E-state index contributed by atoms with van der Waals surface area (Å²) in [5, 5.41) is 19.2. The predicted octanol–water partition coefficient (Wildman–Crippen LogP) is 2.96. The fourth-order valence-corrected chi connectivity index (χ4v) is 7.04. The first kappa shape index (κ1) is 21.4. The molecule has 168 valence electrons. The average molecular weight is 424 g/mol. The first-order chi connectivity index (χ1) is 14.9. The second kappa shape index (κ2) is 8.15. The number of nitrogens with zero attached hydrogens (tertiary/aromatic N) is 4. The Hall–Kier alpha value is -1.45. The summed E-state index contributed by atoms with van der Waals surface area (Å²) < 4.78 is 1.14. The van der Waals surface area contributed by atoms with E-state index in [1.54, 1.807) is 0 Å². The molecule has 2 heterocycles. The summed E-state index contributed by atoms with van der Waals surface area (Å²) in [6.45, 7) is 4.27. The van der Waals surface area contributed by atoms with Gasteiger partial charge < -0.3 is 9.59 Å². The summed E-state index contributed by atoms with van der Waals surface area (Å²) in [6.07, 6.45) is 7.51. The Morgan fingerprint density at radius 2 is 1.74 bits per heavy atom. The zero-order valence-electron chi connectivity index (χ0n) is 19.3. The van der Waals surface area contributed by atoms with Crippen LogP contribution in [0.25, 0.3) is 0 Å². The summed E-state index contributed by atoms with van der Waals surface area (Å²) in [7, 11) is 4.94. The molecular weight excluding hydrogens is 384 g/mol. The Labute approximate surface area is 187 Å². The molecule has 5 heteroatoms. The van der Waals surface area contributed by atoms with Gasteiger partial charge in [0.05, 0.1) is 50.3 Å². The standard InChI is InChI=1S/C26H39N4O/c1-30(2,25-9-8-24(25)20-6-4-3-5-7-20)22-10-14-29(15-11-22)26(12-13-27)18-28(19-26)21-16-23(31)17-21/h3-7,21-25,31H,8-12,14-19H2,1-2H3/q+1. The van der Waals surface area contributed by atoms with Gasteiger partial charge in [-0.15, -0.1) is 0 Å². The molecule has 2 atom stereocenters. The molecule has 2 aliphatic carbocycles. The summed E-state index contributed by atoms with van der Waals surface area (Å²) in [4.78, 5) is 5.16. The number of piperidine rings is 1. The van der Waals surface area contributed by atoms with Crippen LogP contribution in [0, 0.1) is 11.3 Å². The minimum Gasteiger partial charge on any atom is -0.393 e. The largest absolute Gasteiger partial charge is 0.393 e. The van der Waals surface area contributed by atoms with Crippen molar-refractivity contribution >= 4 is 0 Å². The lowest BCUT2D eigenvalue weighted by Crippen LogP contribution is -2.74. The summed E-state index contributed by atoms with van der Waals surface area (Å²) in [5.74, 6) is 0.706. The fraction of sp³-hybridized carbons (Fsp3) is 0.731. The minimum atomic E-state index is -0.0991. The van der Waals surface area contributed by atoms with Crippen LogP contribution in [0.5, 0.6) is 0 Å². The third-order valence-corrected chi connectivity index (χ3v) is 9.40. The quantitative estimate of drug-likeness (QED) is 0.715. The van der Waals surface area contributed by atoms with Crippen molar-refractivity contribution in [1.82, 2.24) is 9.80 Å². The van der Waals surface area contributed by atoms with E-state index in [9.17, 15) is 10.4 Å². The van der Waals surface area contributed by atoms with Crippen molar-refractivity contribution in [2.45, 2.75) is 80.6 Å². The third kappa shape index (κ3) is 3.72. The molecule has 5 nitrogen and oxygen atoms in total. The molecule has 1 aromatic carbocycles. The van der Waals surface area contributed by atoms with Crippen molar-refractivity contribution in [2.75, 3.05) is 40.3 Å². The molecule has 0 aromatic heterocycles. The van der Waals surface area contributed by atoms with Gasteiger partial charge in [-0.25, -0.2) is 0 Å². The van der Waals surface area contributed by atoms with Gasteiger partial charge in [-0.3, -0.25) is 9.80 Å². The lowest BCUT2D eigenvalue weighted by atomic mass is 9.72. The van der Waals surface area contributed by atoms with Crippen LogP contribution in [0.1, 0.15) is 56.4 Å². The zero-order chi connectivity index (χ0) is 21.6. The third-order valence-electron chi connectivity index (χ3n) is 9.40. The van der Waals surface area contributed by atoms with E-state index < -0.39 is 0 Å². The van der Waals surface area contributed by atoms with Crippen molar-refractivity contribution in [1.29, 1.82) is 5.26 Å². The van der Waals surface area contributed by atoms with E-state index in [4.69, 9.17) is 0 Å². The topological polar surface area (TPSA) is 50.5 Å². The molecule has 2 aliphatic heterocycles. The van der Waals surface area contributed by atoms with Gasteiger partial charge in [-0.05, 0) is 24.8 Å². The van der Waals surface area contributed by atoms with Crippen molar-refractivity contribution in [3.63, 3.8) is 0 Å². The molecule has 0 amide bonds. The highest BCUT2D eigenvalue weighted by Gasteiger charge is 2.53. The smallest absolute Gasteiger partial charge is 0.0957 e. The second-order valence-electron chi connectivity index (χ2n) is 11.3. The molecule has 0 bridgehead atoms. The van der Waals surface area contributed by atoms with Crippen LogP contribution in [-0.4, -0.2) is 89.4 Å². The number of likely N-dealkylation sites (tertiary alicyclic amines) is 2. The Balaban J connectivity index is 1.19. The van der Waals surface area contributed by atoms with Gasteiger partial charge in [0.2, 0.25) is 0 Å². The number of rotatable bonds is 6. The highest BCUT2D eigenvalue weighted by atomic mass is 16.3. The van der Waals surface area contributed by atoms with Crippen LogP contribution in [0.4, 0.5) is 0 Å². The second-order valence-corrected chi connectivity index (χ2v) is 11.3. The zero-order valence-corrected chi connectivity index (χ0v) is 19.3. The molecule has 4 aliphatic rings. The number of quaternary nitrogens is 1. The summed E-state index contributed by atoms with van der Waals surface area (Å²) >= 11 is 0. The monoisotopic (exact) mass is 423 g/mol. The molecular formula is C26H39N4O+. The van der Waals surface area contributed by atoms with Crippen molar-refractivity contribution in [2.24, 2.45) is 0 Å². The Kier molecular flexibility index (Phi) is 5.63. The van der Waals surface area contributed by atoms with Crippen LogP contribution in [0.3, 0.4) is 0 Å². The number of benzene rings is 1. The molecule has 2 saturated carbocycles. The van der Waals surface area contributed by atoms with Gasteiger partial charge in [0.25, 0.3) is 0 Å². The van der Waals surface area contributed by atoms with Gasteiger partial charge in [0.1, 0.15) is 0 Å². The van der Waals surface area contributed by atoms with Gasteiger partial charge in [-0.2, -0.15) is 5.26 Å². The SMILES string of the molecule is C[N+](C)(C1CCN(C2(CC#N)CN(C3CC(O)C3)C2)CC1)C1CCC1c1ccccc1. The number of likely N-dealkylation sites (N-methyl/N-ethyl adjacent to an activating group) is 1. The maximum atomic E-state index is 9.64. The van der Waals surface area contributed by atoms with Crippen LogP contribution < -0.4 is 0 Å². The number of nitriles is 1. The number of hydrogen-bond donors (Lipinski definition) is 1. The highest BCUT2D eigenvalue weighted by molar-refractivity contribution is 5.23. The maximum Gasteiger partial charge on any atom is 0.0957 e. The predicted molar refractivity (Wildman–Crippen MR) is 122 cm³/mol. The van der Waals surface area contributed by atoms with Gasteiger partial charge >= 0.3 is 0 Å². The van der Waals surface area contributed by atoms with Crippen LogP contribution >= 0.6 is 0 Å². The molecule has 0 radical (unpaired) electrons. The van der Waals surface area contributed by atoms with E-state index in [1.807, 2.05) is 0 Å². The molecule has 2 unspecified atom stereocenters. The van der Waals surface area contributed by atoms with Gasteiger partial charge in [0.15, 0.2) is 0 Å². The Bertz CT molecular complexity index is 798. The normalized spacial score (nSPS) is 34.3. The number of hydrogen-bond acceptors (Lipinski definition) is 4. The Morgan fingerprint density at radius 1 is 1.06 bits per heavy atom. The lowest BCUT2D eigenvalue weighted by Gasteiger charge is -2.61. The molecule has 0 spiro atoms. The summed E-state index contributed by atoms with van der Waals surface area (Å²) in [6, 6.07) is 15.6. The lowest BCUT2D eigenvalue weighted by molar-refractivity contribution is -0.946. The van der Waals surface area contributed by atoms with Gasteiger partial charge in [-0.1, -0.05) is 30.3 Å². The van der Waals surface area contributed by atoms with E-state index in [-0.39, 0.29) is 11.6 Å². The molecule has 2 saturated heterocycles. The van der Waals surface area contributed by atoms with E-state index in [2.05, 4.69) is 60.3 Å². The van der Waals surface area contributed by atoms with E-state index in [0.717, 1.165) is 49.5 Å². The molecule has 31 heavy (non-hydrogen) atoms. The number of aliphatic hydroxyl groups excluding tert-OH is 1. The van der Waals surface area contributed by atoms with Crippen LogP contribution in [0.15, 0.2) is 30.3 Å². The van der Waals surface area contributed by atoms with E-state index >= 15 is 0 Å². The first-order valence-electron chi connectivity index (χ1n) is 12.4. The summed E-state index contributed by atoms with van der Waals surface area (Å²) in [5.41, 5.74) is 1.58. The van der Waals surface area contributed by atoms with Crippen LogP contribution in [-0.2, 0) is 0 Å². The van der Waals surface area contributed by atoms with Crippen molar-refractivity contribution in [3.8, 4) is 6.07 Å². The van der Waals surface area contributed by atoms with E-state index in [1.165, 1.54) is 31.2 Å². The minimum absolute atomic E-state index is 0.0560. The molecule has 1 N–H and O–H groups in total. The Morgan fingerprint density at radius 3 is 2.29 bits per heavy atom. The molecule has 1 aromatic rings. The highest BCUT2D eigenvalue weighted by Crippen LogP contribution is 2.45. The van der Waals surface area contributed by atoms with Crippen LogP contribution in [0.2, 0.25) is 0 Å². The van der Waals surface area contributed by atoms with E-state index in [0.29, 0.717) is 24.4 Å². The first-order valence-corrected chi connectivity index (χ1v) is 12.4. The average Bonchev–Trinajstić information content (AvgIpc) is 2.68. The molecule has 4 fully saturated rings. The number of aliphatic hydroxyl groups is 1. The maximum absolute atomic E-state index is 9.64. The fourth-order valence-electron chi connectivity index (χ4n) is 7.04. The van der Waals surface area contributed by atoms with Gasteiger partial charge in [0, 0.05) is 57.4 Å². The van der Waals surface area contributed by atoms with Crippen molar-refractivity contribution in [3.05, 3.63) is 35.9 Å². The van der Waals surface area contributed by atoms with Crippen molar-refractivity contribution < 1.29 is 9.59 Å².